The van der Waals surface area contributed by atoms with Crippen molar-refractivity contribution < 1.29 is 0 Å². The molecule has 56 heavy (non-hydrogen) atoms. The molecule has 0 radical (unpaired) electrons. The maximum atomic E-state index is 4.24. The lowest BCUT2D eigenvalue weighted by molar-refractivity contribution is 0.00316. The van der Waals surface area contributed by atoms with Gasteiger partial charge in [-0.15, -0.1) is 0 Å². The third-order valence-electron chi connectivity index (χ3n) is 20.5. The fourth-order valence-corrected chi connectivity index (χ4v) is 16.4. The van der Waals surface area contributed by atoms with Crippen LogP contribution in [0.5, 0.6) is 0 Å². The molecule has 0 spiro atoms. The predicted molar refractivity (Wildman–Crippen MR) is 244 cm³/mol. The summed E-state index contributed by atoms with van der Waals surface area (Å²) in [5.41, 5.74) is 1.49. The van der Waals surface area contributed by atoms with Crippen molar-refractivity contribution in [1.82, 2.24) is 5.32 Å². The number of nitrogens with one attached hydrogen (secondary N) is 1. The molecule has 7 rings (SSSR count). The summed E-state index contributed by atoms with van der Waals surface area (Å²) >= 11 is 0. The van der Waals surface area contributed by atoms with Crippen LogP contribution in [0.4, 0.5) is 0 Å². The van der Waals surface area contributed by atoms with Crippen LogP contribution in [-0.4, -0.2) is 13.1 Å². The zero-order valence-electron chi connectivity index (χ0n) is 39.6. The van der Waals surface area contributed by atoms with Crippen molar-refractivity contribution in [3.63, 3.8) is 0 Å². The van der Waals surface area contributed by atoms with Crippen molar-refractivity contribution in [2.45, 2.75) is 223 Å². The number of piperidine rings is 1. The summed E-state index contributed by atoms with van der Waals surface area (Å²) in [4.78, 5) is 0. The Bertz CT molecular complexity index is 1120. The molecule has 1 nitrogen and oxygen atoms in total. The van der Waals surface area contributed by atoms with Crippen molar-refractivity contribution in [2.24, 2.45) is 111 Å². The molecule has 6 saturated carbocycles. The van der Waals surface area contributed by atoms with Crippen LogP contribution in [-0.2, 0) is 0 Å². The lowest BCUT2D eigenvalue weighted by atomic mass is 9.56. The lowest BCUT2D eigenvalue weighted by Crippen LogP contribution is -2.47. The van der Waals surface area contributed by atoms with Gasteiger partial charge in [0.25, 0.3) is 0 Å². The summed E-state index contributed by atoms with van der Waals surface area (Å²) in [6.45, 7) is 27.9. The summed E-state index contributed by atoms with van der Waals surface area (Å²) in [6.07, 6.45) is 37.0. The lowest BCUT2D eigenvalue weighted by Gasteiger charge is -2.51. The van der Waals surface area contributed by atoms with E-state index in [9.17, 15) is 0 Å². The minimum Gasteiger partial charge on any atom is -0.316 e. The smallest absolute Gasteiger partial charge is 0.00176 e. The van der Waals surface area contributed by atoms with Gasteiger partial charge in [-0.1, -0.05) is 88.5 Å². The zero-order chi connectivity index (χ0) is 39.8. The minimum absolute atomic E-state index is 0.495. The molecule has 0 aromatic carbocycles. The van der Waals surface area contributed by atoms with E-state index in [1.165, 1.54) is 96.6 Å². The molecule has 0 bridgehead atoms. The highest BCUT2D eigenvalue weighted by molar-refractivity contribution is 4.98. The molecular formula is C55H99N. The molecule has 0 aromatic rings. The van der Waals surface area contributed by atoms with Gasteiger partial charge in [-0.25, -0.2) is 0 Å². The average Bonchev–Trinajstić information content (AvgIpc) is 3.20. The van der Waals surface area contributed by atoms with Gasteiger partial charge in [-0.05, 0) is 259 Å². The normalized spacial score (nSPS) is 45.3. The average molecular weight is 774 g/mol. The van der Waals surface area contributed by atoms with Crippen LogP contribution in [0, 0.1) is 111 Å². The predicted octanol–water partition coefficient (Wildman–Crippen LogP) is 16.1. The van der Waals surface area contributed by atoms with Gasteiger partial charge in [-0.3, -0.25) is 0 Å². The Hall–Kier alpha value is -0.0400. The second-order valence-electron chi connectivity index (χ2n) is 26.5. The molecule has 1 N–H and O–H groups in total. The number of rotatable bonds is 7. The summed E-state index contributed by atoms with van der Waals surface area (Å²) in [7, 11) is 0. The van der Waals surface area contributed by atoms with Crippen LogP contribution < -0.4 is 5.32 Å². The topological polar surface area (TPSA) is 12.0 Å². The number of hydrogen-bond acceptors (Lipinski definition) is 1. The van der Waals surface area contributed by atoms with Crippen LogP contribution in [0.3, 0.4) is 0 Å². The molecule has 1 saturated heterocycles. The second kappa shape index (κ2) is 18.5. The molecule has 7 fully saturated rings. The third-order valence-corrected chi connectivity index (χ3v) is 20.5. The fourth-order valence-electron chi connectivity index (χ4n) is 16.4. The van der Waals surface area contributed by atoms with E-state index >= 15 is 0 Å². The van der Waals surface area contributed by atoms with E-state index in [1.807, 2.05) is 0 Å². The monoisotopic (exact) mass is 774 g/mol. The standard InChI is InChI=1S/C55H99N/c1-11-37-12-14-38(15-13-37)42-28-43(39-16-22-50(23-17-39)53(2,3)4)31-46(30-42)48-34-49(36-56-35-48)47-32-44(40-18-24-51(25-19-40)54(5,6)7)29-45(33-47)41-20-26-52(27-21-41)55(8,9)10/h37-52,56H,11-36H2,1-10H3. The van der Waals surface area contributed by atoms with Crippen LogP contribution in [0.25, 0.3) is 0 Å². The highest BCUT2D eigenvalue weighted by atomic mass is 14.9. The molecule has 7 aliphatic rings. The Morgan fingerprint density at radius 2 is 0.536 bits per heavy atom. The van der Waals surface area contributed by atoms with Crippen molar-refractivity contribution in [2.75, 3.05) is 13.1 Å². The van der Waals surface area contributed by atoms with Crippen molar-refractivity contribution in [3.05, 3.63) is 0 Å². The van der Waals surface area contributed by atoms with Gasteiger partial charge in [-0.2, -0.15) is 0 Å². The second-order valence-corrected chi connectivity index (χ2v) is 26.5. The van der Waals surface area contributed by atoms with Gasteiger partial charge >= 0.3 is 0 Å². The van der Waals surface area contributed by atoms with E-state index in [4.69, 9.17) is 0 Å². The van der Waals surface area contributed by atoms with Gasteiger partial charge in [0.2, 0.25) is 0 Å². The van der Waals surface area contributed by atoms with E-state index in [2.05, 4.69) is 74.6 Å². The Labute approximate surface area is 351 Å². The van der Waals surface area contributed by atoms with Crippen molar-refractivity contribution in [1.29, 1.82) is 0 Å². The minimum atomic E-state index is 0.495. The molecule has 0 amide bonds. The van der Waals surface area contributed by atoms with Crippen LogP contribution in [0.15, 0.2) is 0 Å². The van der Waals surface area contributed by atoms with Crippen LogP contribution in [0.1, 0.15) is 223 Å². The summed E-state index contributed by atoms with van der Waals surface area (Å²) in [6, 6.07) is 0. The van der Waals surface area contributed by atoms with E-state index in [0.717, 1.165) is 94.7 Å². The first-order valence-electron chi connectivity index (χ1n) is 26.3. The van der Waals surface area contributed by atoms with Gasteiger partial charge < -0.3 is 5.32 Å². The van der Waals surface area contributed by atoms with Gasteiger partial charge in [0.15, 0.2) is 0 Å². The highest BCUT2D eigenvalue weighted by Gasteiger charge is 2.46. The zero-order valence-corrected chi connectivity index (χ0v) is 39.6. The Morgan fingerprint density at radius 3 is 0.786 bits per heavy atom. The van der Waals surface area contributed by atoms with E-state index in [0.29, 0.717) is 16.2 Å². The third kappa shape index (κ3) is 10.9. The SMILES string of the molecule is CCC1CCC(C2CC(C3CCC(C(C)(C)C)CC3)CC(C3CNCC(C4CC(C5CCC(C(C)(C)C)CC5)CC(C5CCC(C(C)(C)C)CC5)C4)C3)C2)CC1. The maximum absolute atomic E-state index is 4.24. The van der Waals surface area contributed by atoms with E-state index in [1.54, 1.807) is 70.6 Å². The molecule has 7 unspecified atom stereocenters. The van der Waals surface area contributed by atoms with Crippen LogP contribution >= 0.6 is 0 Å². The number of hydrogen-bond donors (Lipinski definition) is 1. The molecule has 1 aliphatic heterocycles. The van der Waals surface area contributed by atoms with Crippen LogP contribution in [0.2, 0.25) is 0 Å². The fraction of sp³-hybridized carbons (Fsp3) is 1.00. The maximum Gasteiger partial charge on any atom is -0.00176 e. The van der Waals surface area contributed by atoms with Crippen molar-refractivity contribution >= 4 is 0 Å². The molecule has 0 aromatic heterocycles. The first-order valence-corrected chi connectivity index (χ1v) is 26.3. The molecule has 6 aliphatic carbocycles. The molecule has 324 valence electrons. The first kappa shape index (κ1) is 44.0. The summed E-state index contributed by atoms with van der Waals surface area (Å²) in [5, 5.41) is 4.24. The van der Waals surface area contributed by atoms with Gasteiger partial charge in [0.05, 0.1) is 0 Å². The van der Waals surface area contributed by atoms with Crippen molar-refractivity contribution in [3.8, 4) is 0 Å². The van der Waals surface area contributed by atoms with Gasteiger partial charge in [0, 0.05) is 0 Å². The largest absolute Gasteiger partial charge is 0.316 e. The Morgan fingerprint density at radius 1 is 0.304 bits per heavy atom. The highest BCUT2D eigenvalue weighted by Crippen LogP contribution is 2.55. The molecule has 1 heteroatoms. The summed E-state index contributed by atoms with van der Waals surface area (Å²) < 4.78 is 0. The Kier molecular flexibility index (Phi) is 14.6. The van der Waals surface area contributed by atoms with E-state index in [-0.39, 0.29) is 0 Å². The Balaban J connectivity index is 1.04. The molecule has 7 atom stereocenters. The van der Waals surface area contributed by atoms with E-state index < -0.39 is 0 Å². The summed E-state index contributed by atoms with van der Waals surface area (Å²) in [5.74, 6) is 16.0. The quantitative estimate of drug-likeness (QED) is 0.272. The molecule has 1 heterocycles. The van der Waals surface area contributed by atoms with Gasteiger partial charge in [0.1, 0.15) is 0 Å². The molecular weight excluding hydrogens is 675 g/mol. The first-order chi connectivity index (χ1) is 26.5.